The number of unbranched alkanes of at least 4 members (excludes halogenated alkanes) is 3. The highest BCUT2D eigenvalue weighted by Crippen LogP contribution is 2.45. The number of aryl methyl sites for hydroxylation is 1. The Morgan fingerprint density at radius 3 is 2.50 bits per heavy atom. The third-order valence-corrected chi connectivity index (χ3v) is 9.16. The first-order valence-corrected chi connectivity index (χ1v) is 13.8. The normalized spacial score (nSPS) is 14.3. The lowest BCUT2D eigenvalue weighted by molar-refractivity contribution is -0.140. The number of esters is 1. The first-order valence-electron chi connectivity index (χ1n) is 12.2. The zero-order chi connectivity index (χ0) is 24.1. The van der Waals surface area contributed by atoms with Gasteiger partial charge in [-0.1, -0.05) is 40.0 Å². The largest absolute Gasteiger partial charge is 0.469 e. The van der Waals surface area contributed by atoms with Gasteiger partial charge in [-0.25, -0.2) is 0 Å². The molecule has 3 heterocycles. The van der Waals surface area contributed by atoms with E-state index in [4.69, 9.17) is 9.47 Å². The Kier molecular flexibility index (Phi) is 7.95. The molecule has 0 bridgehead atoms. The van der Waals surface area contributed by atoms with Crippen molar-refractivity contribution in [2.24, 2.45) is 0 Å². The predicted octanol–water partition coefficient (Wildman–Crippen LogP) is 8.77. The third kappa shape index (κ3) is 5.47. The van der Waals surface area contributed by atoms with Crippen LogP contribution in [0.25, 0.3) is 20.2 Å². The van der Waals surface area contributed by atoms with Crippen molar-refractivity contribution in [3.8, 4) is 25.9 Å². The van der Waals surface area contributed by atoms with E-state index in [-0.39, 0.29) is 11.4 Å². The van der Waals surface area contributed by atoms with E-state index < -0.39 is 0 Å². The number of carbonyl (C=O) groups excluding carboxylic acids is 1. The van der Waals surface area contributed by atoms with E-state index in [1.54, 1.807) is 0 Å². The summed E-state index contributed by atoms with van der Waals surface area (Å²) >= 11 is 3.78. The zero-order valence-corrected chi connectivity index (χ0v) is 22.2. The van der Waals surface area contributed by atoms with Gasteiger partial charge in [-0.3, -0.25) is 4.79 Å². The van der Waals surface area contributed by atoms with Crippen molar-refractivity contribution in [2.75, 3.05) is 7.11 Å². The molecule has 0 radical (unpaired) electrons. The van der Waals surface area contributed by atoms with Crippen LogP contribution in [0.1, 0.15) is 69.7 Å². The van der Waals surface area contributed by atoms with E-state index in [2.05, 4.69) is 63.2 Å². The van der Waals surface area contributed by atoms with Crippen molar-refractivity contribution in [1.29, 1.82) is 0 Å². The maximum Gasteiger partial charge on any atom is 0.305 e. The van der Waals surface area contributed by atoms with Crippen LogP contribution in [0.4, 0.5) is 0 Å². The smallest absolute Gasteiger partial charge is 0.305 e. The van der Waals surface area contributed by atoms with Crippen molar-refractivity contribution >= 4 is 28.6 Å². The maximum atomic E-state index is 11.7. The number of benzene rings is 1. The van der Waals surface area contributed by atoms with Gasteiger partial charge < -0.3 is 9.47 Å². The lowest BCUT2D eigenvalue weighted by atomic mass is 9.74. The lowest BCUT2D eigenvalue weighted by Gasteiger charge is -2.34. The molecule has 1 aliphatic rings. The van der Waals surface area contributed by atoms with Crippen LogP contribution in [0, 0.1) is 0 Å². The summed E-state index contributed by atoms with van der Waals surface area (Å²) in [5.74, 6) is 0.693. The second kappa shape index (κ2) is 10.9. The summed E-state index contributed by atoms with van der Waals surface area (Å²) in [5.41, 5.74) is 3.27. The number of hydrogen-bond acceptors (Lipinski definition) is 5. The molecule has 0 unspecified atom stereocenters. The van der Waals surface area contributed by atoms with Gasteiger partial charge in [0.05, 0.1) is 13.4 Å². The zero-order valence-electron chi connectivity index (χ0n) is 20.6. The number of methoxy groups -OCH3 is 1. The van der Waals surface area contributed by atoms with Gasteiger partial charge in [-0.2, -0.15) is 0 Å². The maximum absolute atomic E-state index is 11.7. The topological polar surface area (TPSA) is 35.5 Å². The molecule has 0 fully saturated rings. The van der Waals surface area contributed by atoms with Crippen LogP contribution in [-0.4, -0.2) is 13.1 Å². The molecule has 0 aliphatic carbocycles. The van der Waals surface area contributed by atoms with Gasteiger partial charge in [0, 0.05) is 36.9 Å². The molecule has 3 nitrogen and oxygen atoms in total. The molecule has 180 valence electrons. The van der Waals surface area contributed by atoms with Crippen LogP contribution in [-0.2, 0) is 21.4 Å². The molecule has 4 rings (SSSR count). The minimum atomic E-state index is -0.210. The van der Waals surface area contributed by atoms with Crippen LogP contribution in [0.3, 0.4) is 0 Å². The summed E-state index contributed by atoms with van der Waals surface area (Å²) in [6, 6.07) is 15.5. The number of allylic oxidation sites excluding steroid dienone is 1. The quantitative estimate of drug-likeness (QED) is 0.209. The van der Waals surface area contributed by atoms with Crippen LogP contribution < -0.4 is 4.74 Å². The standard InChI is InChI=1S/C29H34O3S2/c1-5-6-7-8-9-22-12-14-26(33-22)27-16-15-25(34-27)20-10-13-24-23(18-20)29(2,3)21(19-32-24)11-17-28(30)31-4/h10,12-16,18-19H,5-9,11,17H2,1-4H3. The minimum Gasteiger partial charge on any atom is -0.469 e. The average molecular weight is 495 g/mol. The highest BCUT2D eigenvalue weighted by atomic mass is 32.1. The van der Waals surface area contributed by atoms with Crippen LogP contribution in [0.15, 0.2) is 54.3 Å². The number of carbonyl (C=O) groups is 1. The SMILES string of the molecule is CCCCCCc1ccc(-c2ccc(-c3ccc4c(c3)C(C)(C)C(CCC(=O)OC)=CO4)s2)s1. The van der Waals surface area contributed by atoms with Gasteiger partial charge in [0.1, 0.15) is 5.75 Å². The highest BCUT2D eigenvalue weighted by molar-refractivity contribution is 7.23. The van der Waals surface area contributed by atoms with E-state index in [9.17, 15) is 4.79 Å². The summed E-state index contributed by atoms with van der Waals surface area (Å²) in [5, 5.41) is 0. The number of hydrogen-bond donors (Lipinski definition) is 0. The molecule has 0 N–H and O–H groups in total. The van der Waals surface area contributed by atoms with E-state index in [1.165, 1.54) is 64.3 Å². The van der Waals surface area contributed by atoms with Gasteiger partial charge in [0.2, 0.25) is 0 Å². The molecule has 3 aromatic rings. The molecule has 0 atom stereocenters. The van der Waals surface area contributed by atoms with Gasteiger partial charge in [-0.15, -0.1) is 22.7 Å². The van der Waals surface area contributed by atoms with Crippen molar-refractivity contribution in [3.63, 3.8) is 0 Å². The molecule has 0 saturated carbocycles. The number of rotatable bonds is 10. The molecule has 0 spiro atoms. The monoisotopic (exact) mass is 494 g/mol. The molecule has 0 amide bonds. The van der Waals surface area contributed by atoms with Crippen molar-refractivity contribution in [2.45, 2.75) is 71.1 Å². The minimum absolute atomic E-state index is 0.194. The number of fused-ring (bicyclic) bond motifs is 1. The Bertz CT molecular complexity index is 1170. The van der Waals surface area contributed by atoms with E-state index in [0.717, 1.165) is 16.9 Å². The third-order valence-electron chi connectivity index (χ3n) is 6.68. The van der Waals surface area contributed by atoms with Gasteiger partial charge in [0.15, 0.2) is 0 Å². The number of ether oxygens (including phenoxy) is 2. The Labute approximate surface area is 211 Å². The fourth-order valence-corrected chi connectivity index (χ4v) is 6.58. The Morgan fingerprint density at radius 2 is 1.71 bits per heavy atom. The molecule has 1 aromatic carbocycles. The van der Waals surface area contributed by atoms with Crippen molar-refractivity contribution in [3.05, 3.63) is 64.7 Å². The van der Waals surface area contributed by atoms with E-state index >= 15 is 0 Å². The average Bonchev–Trinajstić information content (AvgIpc) is 3.51. The Balaban J connectivity index is 1.50. The highest BCUT2D eigenvalue weighted by Gasteiger charge is 2.33. The van der Waals surface area contributed by atoms with Crippen LogP contribution in [0.2, 0.25) is 0 Å². The first kappa shape index (κ1) is 24.7. The van der Waals surface area contributed by atoms with E-state index in [0.29, 0.717) is 12.8 Å². The molecule has 2 aromatic heterocycles. The second-order valence-corrected chi connectivity index (χ2v) is 11.7. The Hall–Kier alpha value is -2.37. The van der Waals surface area contributed by atoms with Crippen molar-refractivity contribution < 1.29 is 14.3 Å². The molecular formula is C29H34O3S2. The predicted molar refractivity (Wildman–Crippen MR) is 144 cm³/mol. The van der Waals surface area contributed by atoms with Crippen LogP contribution >= 0.6 is 22.7 Å². The molecule has 34 heavy (non-hydrogen) atoms. The lowest BCUT2D eigenvalue weighted by Crippen LogP contribution is -2.25. The summed E-state index contributed by atoms with van der Waals surface area (Å²) in [6.07, 6.45) is 9.21. The fraction of sp³-hybridized carbons (Fsp3) is 0.414. The van der Waals surface area contributed by atoms with E-state index in [1.807, 2.05) is 28.9 Å². The Morgan fingerprint density at radius 1 is 0.941 bits per heavy atom. The molecule has 0 saturated heterocycles. The first-order chi connectivity index (χ1) is 16.4. The molecule has 1 aliphatic heterocycles. The molecular weight excluding hydrogens is 460 g/mol. The van der Waals surface area contributed by atoms with Gasteiger partial charge in [0.25, 0.3) is 0 Å². The summed E-state index contributed by atoms with van der Waals surface area (Å²) in [6.45, 7) is 6.67. The summed E-state index contributed by atoms with van der Waals surface area (Å²) < 4.78 is 10.8. The fourth-order valence-electron chi connectivity index (χ4n) is 4.44. The van der Waals surface area contributed by atoms with Crippen molar-refractivity contribution in [1.82, 2.24) is 0 Å². The molecule has 5 heteroatoms. The summed E-state index contributed by atoms with van der Waals surface area (Å²) in [7, 11) is 1.43. The summed E-state index contributed by atoms with van der Waals surface area (Å²) in [4.78, 5) is 17.1. The van der Waals surface area contributed by atoms with Crippen LogP contribution in [0.5, 0.6) is 5.75 Å². The van der Waals surface area contributed by atoms with Gasteiger partial charge >= 0.3 is 5.97 Å². The second-order valence-electron chi connectivity index (χ2n) is 9.41. The number of thiophene rings is 2. The van der Waals surface area contributed by atoms with Gasteiger partial charge in [-0.05, 0) is 72.9 Å².